The van der Waals surface area contributed by atoms with Gasteiger partial charge in [-0.15, -0.1) is 0 Å². The van der Waals surface area contributed by atoms with Crippen molar-refractivity contribution >= 4 is 6.09 Å². The van der Waals surface area contributed by atoms with Crippen LogP contribution in [0.3, 0.4) is 0 Å². The van der Waals surface area contributed by atoms with Crippen molar-refractivity contribution in [2.24, 2.45) is 0 Å². The van der Waals surface area contributed by atoms with Crippen molar-refractivity contribution in [1.82, 2.24) is 5.32 Å². The molecule has 0 bridgehead atoms. The van der Waals surface area contributed by atoms with Gasteiger partial charge in [-0.1, -0.05) is 66.4 Å². The first-order chi connectivity index (χ1) is 14.3. The summed E-state index contributed by atoms with van der Waals surface area (Å²) in [4.78, 5) is 12.1. The van der Waals surface area contributed by atoms with Crippen molar-refractivity contribution in [2.75, 3.05) is 13.2 Å². The Kier molecular flexibility index (Phi) is 5.27. The number of alkyl carbamates (subject to hydrolysis) is 1. The first-order valence-electron chi connectivity index (χ1n) is 9.34. The lowest BCUT2D eigenvalue weighted by molar-refractivity contribution is 0.144. The Bertz CT molecular complexity index is 1120. The van der Waals surface area contributed by atoms with E-state index in [1.165, 1.54) is 22.3 Å². The van der Waals surface area contributed by atoms with E-state index in [-0.39, 0.29) is 19.1 Å². The zero-order valence-electron chi connectivity index (χ0n) is 15.7. The fourth-order valence-corrected chi connectivity index (χ4v) is 3.58. The molecule has 3 aromatic carbocycles. The number of nitrogens with one attached hydrogen (secondary N) is 1. The molecular weight excluding hydrogens is 360 g/mol. The summed E-state index contributed by atoms with van der Waals surface area (Å²) in [6.07, 6.45) is -0.494. The molecule has 140 valence electrons. The Balaban J connectivity index is 1.35. The van der Waals surface area contributed by atoms with E-state index in [4.69, 9.17) is 10.00 Å². The lowest BCUT2D eigenvalue weighted by Crippen LogP contribution is -2.26. The van der Waals surface area contributed by atoms with E-state index < -0.39 is 6.09 Å². The fourth-order valence-electron chi connectivity index (χ4n) is 3.58. The average Bonchev–Trinajstić information content (AvgIpc) is 3.09. The van der Waals surface area contributed by atoms with Gasteiger partial charge in [0, 0.05) is 11.5 Å². The van der Waals surface area contributed by atoms with Crippen LogP contribution in [0.5, 0.6) is 0 Å². The van der Waals surface area contributed by atoms with Crippen molar-refractivity contribution in [1.29, 1.82) is 5.26 Å². The molecule has 29 heavy (non-hydrogen) atoms. The maximum Gasteiger partial charge on any atom is 0.407 e. The molecule has 0 saturated carbocycles. The highest BCUT2D eigenvalue weighted by Gasteiger charge is 2.28. The van der Waals surface area contributed by atoms with E-state index in [2.05, 4.69) is 47.5 Å². The summed E-state index contributed by atoms with van der Waals surface area (Å²) < 4.78 is 5.47. The fraction of sp³-hybridized carbons (Fsp3) is 0.120. The Morgan fingerprint density at radius 2 is 1.59 bits per heavy atom. The molecule has 4 rings (SSSR count). The third kappa shape index (κ3) is 3.98. The van der Waals surface area contributed by atoms with Gasteiger partial charge in [0.25, 0.3) is 0 Å². The van der Waals surface area contributed by atoms with Crippen LogP contribution in [-0.2, 0) is 4.74 Å². The topological polar surface area (TPSA) is 62.1 Å². The predicted molar refractivity (Wildman–Crippen MR) is 111 cm³/mol. The monoisotopic (exact) mass is 378 g/mol. The van der Waals surface area contributed by atoms with Gasteiger partial charge < -0.3 is 10.1 Å². The molecule has 0 aromatic heterocycles. The standard InChI is InChI=1S/C25H18N2O2/c26-16-19-8-5-7-18(15-19)9-6-14-27-25(28)29-17-24-22-12-3-1-10-20(22)21-11-2-4-13-23(21)24/h1-5,7-8,10-13,15,24H,14,17H2,(H,27,28). The predicted octanol–water partition coefficient (Wildman–Crippen LogP) is 4.45. The molecule has 1 aliphatic rings. The molecule has 3 aromatic rings. The van der Waals surface area contributed by atoms with Crippen molar-refractivity contribution in [3.05, 3.63) is 95.1 Å². The van der Waals surface area contributed by atoms with Crippen molar-refractivity contribution in [2.45, 2.75) is 5.92 Å². The number of fused-ring (bicyclic) bond motifs is 3. The van der Waals surface area contributed by atoms with Crippen molar-refractivity contribution in [3.8, 4) is 29.0 Å². The number of carbonyl (C=O) groups excluding carboxylic acids is 1. The second-order valence-electron chi connectivity index (χ2n) is 6.67. The van der Waals surface area contributed by atoms with E-state index in [1.807, 2.05) is 30.3 Å². The maximum atomic E-state index is 12.1. The van der Waals surface area contributed by atoms with Crippen molar-refractivity contribution < 1.29 is 9.53 Å². The lowest BCUT2D eigenvalue weighted by Gasteiger charge is -2.14. The van der Waals surface area contributed by atoms with E-state index >= 15 is 0 Å². The lowest BCUT2D eigenvalue weighted by atomic mass is 9.98. The minimum atomic E-state index is -0.494. The molecule has 4 nitrogen and oxygen atoms in total. The number of benzene rings is 3. The van der Waals surface area contributed by atoms with Gasteiger partial charge in [0.15, 0.2) is 0 Å². The minimum absolute atomic E-state index is 0.0351. The number of amides is 1. The summed E-state index contributed by atoms with van der Waals surface area (Å²) in [6, 6.07) is 25.5. The molecule has 0 unspecified atom stereocenters. The maximum absolute atomic E-state index is 12.1. The van der Waals surface area contributed by atoms with Gasteiger partial charge in [-0.3, -0.25) is 0 Å². The number of rotatable bonds is 3. The number of nitrogens with zero attached hydrogens (tertiary/aromatic N) is 1. The van der Waals surface area contributed by atoms with E-state index in [0.717, 1.165) is 5.56 Å². The molecule has 0 fully saturated rings. The first-order valence-corrected chi connectivity index (χ1v) is 9.34. The number of nitriles is 1. The van der Waals surface area contributed by atoms with E-state index in [9.17, 15) is 4.79 Å². The molecule has 0 spiro atoms. The van der Waals surface area contributed by atoms with Crippen LogP contribution in [0.1, 0.15) is 28.2 Å². The highest BCUT2D eigenvalue weighted by atomic mass is 16.5. The first kappa shape index (κ1) is 18.3. The van der Waals surface area contributed by atoms with Crippen LogP contribution in [0.25, 0.3) is 11.1 Å². The third-order valence-corrected chi connectivity index (χ3v) is 4.89. The normalized spacial score (nSPS) is 11.4. The number of carbonyl (C=O) groups is 1. The van der Waals surface area contributed by atoms with Crippen molar-refractivity contribution in [3.63, 3.8) is 0 Å². The Hall–Kier alpha value is -4.02. The zero-order chi connectivity index (χ0) is 20.1. The van der Waals surface area contributed by atoms with E-state index in [1.54, 1.807) is 18.2 Å². The third-order valence-electron chi connectivity index (χ3n) is 4.89. The Morgan fingerprint density at radius 1 is 0.931 bits per heavy atom. The smallest absolute Gasteiger partial charge is 0.407 e. The highest BCUT2D eigenvalue weighted by Crippen LogP contribution is 2.44. The minimum Gasteiger partial charge on any atom is -0.449 e. The van der Waals surface area contributed by atoms with Gasteiger partial charge in [0.2, 0.25) is 0 Å². The second-order valence-corrected chi connectivity index (χ2v) is 6.67. The summed E-state index contributed by atoms with van der Waals surface area (Å²) >= 11 is 0. The second kappa shape index (κ2) is 8.33. The molecule has 0 heterocycles. The number of ether oxygens (including phenoxy) is 1. The zero-order valence-corrected chi connectivity index (χ0v) is 15.7. The van der Waals surface area contributed by atoms with Gasteiger partial charge in [-0.2, -0.15) is 5.26 Å². The molecule has 4 heteroatoms. The largest absolute Gasteiger partial charge is 0.449 e. The molecule has 1 N–H and O–H groups in total. The van der Waals surface area contributed by atoms with Crippen LogP contribution in [0.2, 0.25) is 0 Å². The average molecular weight is 378 g/mol. The van der Waals surface area contributed by atoms with Gasteiger partial charge in [0.1, 0.15) is 6.61 Å². The van der Waals surface area contributed by atoms with E-state index in [0.29, 0.717) is 5.56 Å². The van der Waals surface area contributed by atoms with Crippen LogP contribution in [0.15, 0.2) is 72.8 Å². The highest BCUT2D eigenvalue weighted by molar-refractivity contribution is 5.79. The van der Waals surface area contributed by atoms with Gasteiger partial charge in [0.05, 0.1) is 18.2 Å². The van der Waals surface area contributed by atoms with Crippen LogP contribution in [-0.4, -0.2) is 19.2 Å². The SMILES string of the molecule is N#Cc1cccc(C#CCNC(=O)OCC2c3ccccc3-c3ccccc32)c1. The summed E-state index contributed by atoms with van der Waals surface area (Å²) in [5.41, 5.74) is 6.04. The molecule has 0 aliphatic heterocycles. The Morgan fingerprint density at radius 3 is 2.28 bits per heavy atom. The molecule has 0 atom stereocenters. The Labute approximate surface area is 169 Å². The summed E-state index contributed by atoms with van der Waals surface area (Å²) in [6.45, 7) is 0.449. The van der Waals surface area contributed by atoms with Gasteiger partial charge in [-0.05, 0) is 40.5 Å². The van der Waals surface area contributed by atoms with Crippen LogP contribution >= 0.6 is 0 Å². The number of hydrogen-bond acceptors (Lipinski definition) is 3. The summed E-state index contributed by atoms with van der Waals surface area (Å²) in [7, 11) is 0. The van der Waals surface area contributed by atoms with Gasteiger partial charge >= 0.3 is 6.09 Å². The van der Waals surface area contributed by atoms with Crippen LogP contribution in [0.4, 0.5) is 4.79 Å². The summed E-state index contributed by atoms with van der Waals surface area (Å²) in [5, 5.41) is 11.6. The van der Waals surface area contributed by atoms with Crippen LogP contribution < -0.4 is 5.32 Å². The molecule has 0 radical (unpaired) electrons. The number of hydrogen-bond donors (Lipinski definition) is 1. The van der Waals surface area contributed by atoms with Crippen LogP contribution in [0, 0.1) is 23.2 Å². The quantitative estimate of drug-likeness (QED) is 0.685. The summed E-state index contributed by atoms with van der Waals surface area (Å²) in [5.74, 6) is 5.83. The van der Waals surface area contributed by atoms with Gasteiger partial charge in [-0.25, -0.2) is 4.79 Å². The molecule has 1 aliphatic carbocycles. The molecule has 0 saturated heterocycles. The molecular formula is C25H18N2O2. The molecule has 1 amide bonds.